The molecule has 2 N–H and O–H groups in total. The molecule has 3 rings (SSSR count). The van der Waals surface area contributed by atoms with Crippen LogP contribution in [0.5, 0.6) is 5.75 Å². The molecule has 0 aliphatic heterocycles. The number of rotatable bonds is 12. The summed E-state index contributed by atoms with van der Waals surface area (Å²) in [5.41, 5.74) is 5.23. The Kier molecular flexibility index (Phi) is 11.3. The van der Waals surface area contributed by atoms with E-state index < -0.39 is 5.97 Å². The molecule has 0 aliphatic rings. The van der Waals surface area contributed by atoms with E-state index in [2.05, 4.69) is 48.3 Å². The standard InChI is InChI=1S/C32H36N2O4/c1-3-5-6-25-7-9-26(10-8-25)11-12-27-13-15-29(16-14-27)23-34(21-4-2)32(37)33-22-28-17-19-30(20-18-28)38-24-31(35)36/h7-10,13-20H,3-6,21-24H2,1-2H3,(H,33,37)(H,35,36). The van der Waals surface area contributed by atoms with Crippen LogP contribution in [0.4, 0.5) is 4.79 Å². The number of aryl methyl sites for hydroxylation is 1. The van der Waals surface area contributed by atoms with Crippen molar-refractivity contribution in [2.45, 2.75) is 52.6 Å². The van der Waals surface area contributed by atoms with Gasteiger partial charge in [-0.2, -0.15) is 0 Å². The first-order chi connectivity index (χ1) is 18.5. The molecule has 2 amide bonds. The van der Waals surface area contributed by atoms with Crippen LogP contribution in [0, 0.1) is 11.8 Å². The van der Waals surface area contributed by atoms with Crippen LogP contribution >= 0.6 is 0 Å². The lowest BCUT2D eigenvalue weighted by Crippen LogP contribution is -2.39. The van der Waals surface area contributed by atoms with Gasteiger partial charge in [-0.3, -0.25) is 0 Å². The van der Waals surface area contributed by atoms with Crippen molar-refractivity contribution >= 4 is 12.0 Å². The lowest BCUT2D eigenvalue weighted by Gasteiger charge is -2.23. The number of carboxylic acids is 1. The van der Waals surface area contributed by atoms with E-state index in [1.54, 1.807) is 17.0 Å². The largest absolute Gasteiger partial charge is 0.482 e. The number of ether oxygens (including phenoxy) is 1. The van der Waals surface area contributed by atoms with Crippen LogP contribution in [0.15, 0.2) is 72.8 Å². The van der Waals surface area contributed by atoms with Gasteiger partial charge in [0.25, 0.3) is 0 Å². The summed E-state index contributed by atoms with van der Waals surface area (Å²) < 4.78 is 5.14. The first-order valence-corrected chi connectivity index (χ1v) is 13.1. The first kappa shape index (κ1) is 28.3. The number of urea groups is 1. The lowest BCUT2D eigenvalue weighted by molar-refractivity contribution is -0.139. The Morgan fingerprint density at radius 3 is 1.95 bits per heavy atom. The van der Waals surface area contributed by atoms with Crippen LogP contribution in [0.3, 0.4) is 0 Å². The summed E-state index contributed by atoms with van der Waals surface area (Å²) in [4.78, 5) is 25.3. The normalized spacial score (nSPS) is 10.3. The minimum absolute atomic E-state index is 0.135. The Labute approximate surface area is 225 Å². The van der Waals surface area contributed by atoms with Gasteiger partial charge >= 0.3 is 12.0 Å². The molecule has 3 aromatic rings. The summed E-state index contributed by atoms with van der Waals surface area (Å²) in [6.07, 6.45) is 4.36. The summed E-state index contributed by atoms with van der Waals surface area (Å²) in [6.45, 7) is 5.38. The van der Waals surface area contributed by atoms with E-state index in [0.29, 0.717) is 25.4 Å². The quantitative estimate of drug-likeness (QED) is 0.291. The number of hydrogen-bond donors (Lipinski definition) is 2. The summed E-state index contributed by atoms with van der Waals surface area (Å²) in [7, 11) is 0. The summed E-state index contributed by atoms with van der Waals surface area (Å²) in [5, 5.41) is 11.7. The van der Waals surface area contributed by atoms with E-state index >= 15 is 0 Å². The second-order valence-corrected chi connectivity index (χ2v) is 9.15. The number of carbonyl (C=O) groups is 2. The zero-order chi connectivity index (χ0) is 27.2. The van der Waals surface area contributed by atoms with E-state index in [1.807, 2.05) is 43.3 Å². The van der Waals surface area contributed by atoms with Crippen LogP contribution in [0.2, 0.25) is 0 Å². The highest BCUT2D eigenvalue weighted by molar-refractivity contribution is 5.74. The lowest BCUT2D eigenvalue weighted by atomic mass is 10.1. The number of carboxylic acid groups (broad SMARTS) is 1. The highest BCUT2D eigenvalue weighted by atomic mass is 16.5. The maximum absolute atomic E-state index is 12.9. The molecule has 0 aromatic heterocycles. The number of aliphatic carboxylic acids is 1. The van der Waals surface area contributed by atoms with Crippen LogP contribution in [0.1, 0.15) is 60.9 Å². The molecule has 0 aliphatic carbocycles. The van der Waals surface area contributed by atoms with Gasteiger partial charge in [-0.05, 0) is 72.4 Å². The average molecular weight is 513 g/mol. The smallest absolute Gasteiger partial charge is 0.341 e. The van der Waals surface area contributed by atoms with Crippen LogP contribution in [-0.2, 0) is 24.3 Å². The van der Waals surface area contributed by atoms with Gasteiger partial charge in [-0.25, -0.2) is 9.59 Å². The Bertz CT molecular complexity index is 1220. The van der Waals surface area contributed by atoms with Crippen molar-refractivity contribution in [3.63, 3.8) is 0 Å². The molecule has 0 atom stereocenters. The molecular formula is C32H36N2O4. The number of carbonyl (C=O) groups excluding carboxylic acids is 1. The van der Waals surface area contributed by atoms with Gasteiger partial charge in [0.15, 0.2) is 6.61 Å². The van der Waals surface area contributed by atoms with Crippen molar-refractivity contribution < 1.29 is 19.4 Å². The van der Waals surface area contributed by atoms with Crippen LogP contribution < -0.4 is 10.1 Å². The molecule has 6 heteroatoms. The van der Waals surface area contributed by atoms with E-state index in [-0.39, 0.29) is 12.6 Å². The predicted octanol–water partition coefficient (Wildman–Crippen LogP) is 6.01. The van der Waals surface area contributed by atoms with Gasteiger partial charge in [0.1, 0.15) is 5.75 Å². The fourth-order valence-corrected chi connectivity index (χ4v) is 3.85. The molecule has 6 nitrogen and oxygen atoms in total. The SMILES string of the molecule is CCCCc1ccc(C#Cc2ccc(CN(CCC)C(=O)NCc3ccc(OCC(=O)O)cc3)cc2)cc1. The predicted molar refractivity (Wildman–Crippen MR) is 150 cm³/mol. The van der Waals surface area contributed by atoms with Gasteiger partial charge < -0.3 is 20.1 Å². The third-order valence-electron chi connectivity index (χ3n) is 5.96. The highest BCUT2D eigenvalue weighted by Crippen LogP contribution is 2.13. The second-order valence-electron chi connectivity index (χ2n) is 9.15. The van der Waals surface area contributed by atoms with E-state index in [0.717, 1.165) is 35.1 Å². The topological polar surface area (TPSA) is 78.9 Å². The van der Waals surface area contributed by atoms with E-state index in [1.165, 1.54) is 18.4 Å². The molecule has 0 bridgehead atoms. The van der Waals surface area contributed by atoms with Crippen LogP contribution in [-0.4, -0.2) is 35.2 Å². The van der Waals surface area contributed by atoms with Crippen molar-refractivity contribution in [1.82, 2.24) is 10.2 Å². The summed E-state index contributed by atoms with van der Waals surface area (Å²) >= 11 is 0. The fraction of sp³-hybridized carbons (Fsp3) is 0.312. The number of amides is 2. The van der Waals surface area contributed by atoms with E-state index in [4.69, 9.17) is 9.84 Å². The maximum atomic E-state index is 12.9. The van der Waals surface area contributed by atoms with Gasteiger partial charge in [0.2, 0.25) is 0 Å². The van der Waals surface area contributed by atoms with Crippen molar-refractivity contribution in [3.8, 4) is 17.6 Å². The number of nitrogens with one attached hydrogen (secondary N) is 1. The maximum Gasteiger partial charge on any atom is 0.341 e. The van der Waals surface area contributed by atoms with Crippen LogP contribution in [0.25, 0.3) is 0 Å². The summed E-state index contributed by atoms with van der Waals surface area (Å²) in [6, 6.07) is 23.4. The minimum atomic E-state index is -1.02. The molecule has 3 aromatic carbocycles. The number of benzene rings is 3. The molecule has 0 radical (unpaired) electrons. The summed E-state index contributed by atoms with van der Waals surface area (Å²) in [5.74, 6) is 5.91. The Hall–Kier alpha value is -4.24. The number of nitrogens with zero attached hydrogens (tertiary/aromatic N) is 1. The van der Waals surface area contributed by atoms with Gasteiger partial charge in [0, 0.05) is 30.8 Å². The third kappa shape index (κ3) is 9.67. The third-order valence-corrected chi connectivity index (χ3v) is 5.96. The molecule has 38 heavy (non-hydrogen) atoms. The number of unbranched alkanes of at least 4 members (excludes halogenated alkanes) is 1. The molecule has 0 unspecified atom stereocenters. The molecular weight excluding hydrogens is 476 g/mol. The zero-order valence-corrected chi connectivity index (χ0v) is 22.2. The minimum Gasteiger partial charge on any atom is -0.482 e. The zero-order valence-electron chi connectivity index (χ0n) is 22.2. The van der Waals surface area contributed by atoms with Crippen molar-refractivity contribution in [2.24, 2.45) is 0 Å². The monoisotopic (exact) mass is 512 g/mol. The highest BCUT2D eigenvalue weighted by Gasteiger charge is 2.13. The Morgan fingerprint density at radius 2 is 1.39 bits per heavy atom. The molecule has 198 valence electrons. The van der Waals surface area contributed by atoms with Crippen molar-refractivity contribution in [1.29, 1.82) is 0 Å². The molecule has 0 saturated heterocycles. The molecule has 0 heterocycles. The number of hydrogen-bond acceptors (Lipinski definition) is 3. The molecule has 0 fully saturated rings. The average Bonchev–Trinajstić information content (AvgIpc) is 2.94. The van der Waals surface area contributed by atoms with Gasteiger partial charge in [-0.1, -0.05) is 68.5 Å². The van der Waals surface area contributed by atoms with E-state index in [9.17, 15) is 9.59 Å². The first-order valence-electron chi connectivity index (χ1n) is 13.1. The second kappa shape index (κ2) is 15.1. The molecule has 0 saturated carbocycles. The molecule has 0 spiro atoms. The Morgan fingerprint density at radius 1 is 0.816 bits per heavy atom. The van der Waals surface area contributed by atoms with Crippen molar-refractivity contribution in [3.05, 3.63) is 101 Å². The van der Waals surface area contributed by atoms with Crippen molar-refractivity contribution in [2.75, 3.05) is 13.2 Å². The van der Waals surface area contributed by atoms with Gasteiger partial charge in [0.05, 0.1) is 0 Å². The van der Waals surface area contributed by atoms with Gasteiger partial charge in [-0.15, -0.1) is 0 Å². The Balaban J connectivity index is 1.53. The fourth-order valence-electron chi connectivity index (χ4n) is 3.85.